The Labute approximate surface area is 208 Å². The molecule has 0 aliphatic heterocycles. The van der Waals surface area contributed by atoms with Gasteiger partial charge < -0.3 is 5.32 Å². The highest BCUT2D eigenvalue weighted by molar-refractivity contribution is 7.97. The normalized spacial score (nSPS) is 15.1. The van der Waals surface area contributed by atoms with E-state index in [1.165, 1.54) is 33.7 Å². The van der Waals surface area contributed by atoms with Gasteiger partial charge in [-0.25, -0.2) is 4.68 Å². The summed E-state index contributed by atoms with van der Waals surface area (Å²) >= 11 is 1.65. The first-order valence-electron chi connectivity index (χ1n) is 11.5. The third-order valence-electron chi connectivity index (χ3n) is 5.87. The number of alkyl halides is 3. The van der Waals surface area contributed by atoms with Gasteiger partial charge in [-0.05, 0) is 69.0 Å². The number of hydrogen-bond donors (Lipinski definition) is 2. The number of halogens is 3. The smallest absolute Gasteiger partial charge is 0.383 e. The average molecular weight is 499 g/mol. The van der Waals surface area contributed by atoms with Crippen LogP contribution in [0.15, 0.2) is 71.3 Å². The molecule has 4 nitrogen and oxygen atoms in total. The van der Waals surface area contributed by atoms with Crippen LogP contribution in [0.5, 0.6) is 0 Å². The van der Waals surface area contributed by atoms with Gasteiger partial charge in [-0.15, -0.1) is 0 Å². The molecule has 0 saturated heterocycles. The molecule has 0 spiro atoms. The molecule has 1 aromatic heterocycles. The van der Waals surface area contributed by atoms with Crippen molar-refractivity contribution >= 4 is 34.2 Å². The van der Waals surface area contributed by atoms with Crippen LogP contribution in [0.3, 0.4) is 0 Å². The van der Waals surface area contributed by atoms with Crippen molar-refractivity contribution in [1.82, 2.24) is 14.5 Å². The molecule has 0 bridgehead atoms. The van der Waals surface area contributed by atoms with Gasteiger partial charge in [0.2, 0.25) is 0 Å². The molecule has 35 heavy (non-hydrogen) atoms. The molecular weight excluding hydrogens is 469 g/mol. The molecule has 0 saturated carbocycles. The summed E-state index contributed by atoms with van der Waals surface area (Å²) in [7, 11) is 0. The van der Waals surface area contributed by atoms with Crippen molar-refractivity contribution in [3.63, 3.8) is 0 Å². The summed E-state index contributed by atoms with van der Waals surface area (Å²) in [6.45, 7) is 9.19. The van der Waals surface area contributed by atoms with E-state index >= 15 is 0 Å². The number of fused-ring (bicyclic) bond motifs is 1. The van der Waals surface area contributed by atoms with E-state index in [0.29, 0.717) is 12.2 Å². The van der Waals surface area contributed by atoms with E-state index in [9.17, 15) is 13.2 Å². The van der Waals surface area contributed by atoms with E-state index in [1.807, 2.05) is 18.2 Å². The zero-order valence-corrected chi connectivity index (χ0v) is 21.0. The van der Waals surface area contributed by atoms with E-state index in [0.717, 1.165) is 22.7 Å². The maximum atomic E-state index is 13.1. The van der Waals surface area contributed by atoms with Crippen LogP contribution in [0.1, 0.15) is 30.0 Å². The highest BCUT2D eigenvalue weighted by Crippen LogP contribution is 2.32. The molecule has 1 atom stereocenters. The Kier molecular flexibility index (Phi) is 7.42. The maximum absolute atomic E-state index is 13.1. The number of hydrogen-bond acceptors (Lipinski definition) is 4. The van der Waals surface area contributed by atoms with Crippen LogP contribution in [0, 0.1) is 20.8 Å². The zero-order chi connectivity index (χ0) is 25.2. The minimum absolute atomic E-state index is 0.145. The first-order valence-corrected chi connectivity index (χ1v) is 12.3. The zero-order valence-electron chi connectivity index (χ0n) is 20.2. The molecule has 184 valence electrons. The highest BCUT2D eigenvalue weighted by Gasteiger charge is 2.31. The summed E-state index contributed by atoms with van der Waals surface area (Å²) in [5.41, 5.74) is 5.61. The van der Waals surface area contributed by atoms with Gasteiger partial charge in [0.05, 0.1) is 17.3 Å². The Hall–Kier alpha value is -2.97. The lowest BCUT2D eigenvalue weighted by molar-refractivity contribution is -0.0883. The summed E-state index contributed by atoms with van der Waals surface area (Å²) in [6.07, 6.45) is 2.95. The number of benzene rings is 2. The molecule has 2 aromatic carbocycles. The molecule has 0 radical (unpaired) electrons. The van der Waals surface area contributed by atoms with Gasteiger partial charge in [-0.1, -0.05) is 42.0 Å². The fraction of sp³-hybridized carbons (Fsp3) is 0.296. The molecule has 0 amide bonds. The predicted octanol–water partition coefficient (Wildman–Crippen LogP) is 7.35. The maximum Gasteiger partial charge on any atom is 0.416 e. The van der Waals surface area contributed by atoms with Crippen LogP contribution in [0.25, 0.3) is 16.6 Å². The van der Waals surface area contributed by atoms with Crippen molar-refractivity contribution in [2.24, 2.45) is 0 Å². The summed E-state index contributed by atoms with van der Waals surface area (Å²) < 4.78 is 44.4. The van der Waals surface area contributed by atoms with Crippen molar-refractivity contribution in [3.05, 3.63) is 83.1 Å². The lowest BCUT2D eigenvalue weighted by Gasteiger charge is -2.17. The molecule has 0 fully saturated rings. The Morgan fingerprint density at radius 1 is 1.14 bits per heavy atom. The topological polar surface area (TPSA) is 41.9 Å². The van der Waals surface area contributed by atoms with Crippen molar-refractivity contribution in [3.8, 4) is 0 Å². The van der Waals surface area contributed by atoms with Crippen molar-refractivity contribution in [2.45, 2.75) is 51.2 Å². The number of allylic oxidation sites excluding steroid dienone is 6. The molecule has 1 heterocycles. The summed E-state index contributed by atoms with van der Waals surface area (Å²) in [6, 6.07) is 10.4. The highest BCUT2D eigenvalue weighted by atomic mass is 32.2. The average Bonchev–Trinajstić information content (AvgIpc) is 3.05. The van der Waals surface area contributed by atoms with E-state index < -0.39 is 11.7 Å². The second kappa shape index (κ2) is 10.3. The lowest BCUT2D eigenvalue weighted by atomic mass is 10.1. The fourth-order valence-electron chi connectivity index (χ4n) is 4.21. The van der Waals surface area contributed by atoms with Gasteiger partial charge in [0, 0.05) is 40.7 Å². The number of nitrogens with one attached hydrogen (secondary N) is 2. The SMILES string of the molecule is Cc1cc(C)c(SNC(C)CNc2cccc3c2cnn3C2=CC=CC(C(F)(F)F)=CC2)c(C)c1. The molecule has 3 aromatic rings. The quantitative estimate of drug-likeness (QED) is 0.334. The lowest BCUT2D eigenvalue weighted by Crippen LogP contribution is -2.28. The van der Waals surface area contributed by atoms with Crippen molar-refractivity contribution in [2.75, 3.05) is 11.9 Å². The van der Waals surface area contributed by atoms with E-state index in [-0.39, 0.29) is 12.5 Å². The third-order valence-corrected chi connectivity index (χ3v) is 7.24. The number of nitrogens with zero attached hydrogens (tertiary/aromatic N) is 2. The van der Waals surface area contributed by atoms with Crippen LogP contribution < -0.4 is 10.0 Å². The fourth-order valence-corrected chi connectivity index (χ4v) is 5.05. The Balaban J connectivity index is 1.44. The number of rotatable bonds is 7. The van der Waals surface area contributed by atoms with E-state index in [4.69, 9.17) is 0 Å². The second-order valence-corrected chi connectivity index (χ2v) is 9.75. The van der Waals surface area contributed by atoms with E-state index in [2.05, 4.69) is 55.0 Å². The molecule has 1 aliphatic rings. The van der Waals surface area contributed by atoms with E-state index in [1.54, 1.807) is 28.9 Å². The number of anilines is 1. The Morgan fingerprint density at radius 3 is 2.60 bits per heavy atom. The summed E-state index contributed by atoms with van der Waals surface area (Å²) in [5.74, 6) is 0. The van der Waals surface area contributed by atoms with Gasteiger partial charge in [-0.2, -0.15) is 18.3 Å². The third kappa shape index (κ3) is 5.82. The largest absolute Gasteiger partial charge is 0.416 e. The van der Waals surface area contributed by atoms with Crippen LogP contribution in [0.4, 0.5) is 18.9 Å². The van der Waals surface area contributed by atoms with Gasteiger partial charge in [-0.3, -0.25) is 4.72 Å². The number of aryl methyl sites for hydroxylation is 3. The first kappa shape index (κ1) is 25.1. The van der Waals surface area contributed by atoms with Crippen LogP contribution in [-0.4, -0.2) is 28.5 Å². The Morgan fingerprint density at radius 2 is 1.89 bits per heavy atom. The van der Waals surface area contributed by atoms with Crippen LogP contribution >= 0.6 is 11.9 Å². The van der Waals surface area contributed by atoms with Gasteiger partial charge in [0.1, 0.15) is 0 Å². The van der Waals surface area contributed by atoms with Gasteiger partial charge in [0.25, 0.3) is 0 Å². The van der Waals surface area contributed by atoms with Gasteiger partial charge in [0.15, 0.2) is 0 Å². The van der Waals surface area contributed by atoms with Crippen molar-refractivity contribution < 1.29 is 13.2 Å². The molecule has 4 rings (SSSR count). The molecule has 1 aliphatic carbocycles. The molecular formula is C27H29F3N4S. The summed E-state index contributed by atoms with van der Waals surface area (Å²) in [5, 5.41) is 8.90. The number of aromatic nitrogens is 2. The molecule has 8 heteroatoms. The summed E-state index contributed by atoms with van der Waals surface area (Å²) in [4.78, 5) is 1.25. The molecule has 2 N–H and O–H groups in total. The first-order chi connectivity index (χ1) is 16.6. The minimum atomic E-state index is -4.36. The molecule has 1 unspecified atom stereocenters. The van der Waals surface area contributed by atoms with Crippen LogP contribution in [-0.2, 0) is 0 Å². The predicted molar refractivity (Wildman–Crippen MR) is 139 cm³/mol. The van der Waals surface area contributed by atoms with Gasteiger partial charge >= 0.3 is 6.18 Å². The van der Waals surface area contributed by atoms with Crippen molar-refractivity contribution in [1.29, 1.82) is 0 Å². The minimum Gasteiger partial charge on any atom is -0.383 e. The standard InChI is InChI=1S/C27H29F3N4S/c1-17-13-18(2)26(19(3)14-17)35-33-20(4)15-31-24-9-6-10-25-23(24)16-32-34(25)22-8-5-7-21(11-12-22)27(28,29)30/h5-11,13-14,16,20,31,33H,12,15H2,1-4H3. The monoisotopic (exact) mass is 498 g/mol. The second-order valence-electron chi connectivity index (χ2n) is 8.90. The van der Waals surface area contributed by atoms with Crippen LogP contribution in [0.2, 0.25) is 0 Å². The Bertz CT molecular complexity index is 1290.